The topological polar surface area (TPSA) is 55.4 Å². The second kappa shape index (κ2) is 19.8. The summed E-state index contributed by atoms with van der Waals surface area (Å²) in [5.41, 5.74) is 8.08. The normalized spacial score (nSPS) is 16.9. The molecule has 6 nitrogen and oxygen atoms in total. The third kappa shape index (κ3) is 10.4. The minimum atomic E-state index is -2.23. The summed E-state index contributed by atoms with van der Waals surface area (Å²) in [6.45, 7) is 40.6. The van der Waals surface area contributed by atoms with Crippen LogP contribution in [0.3, 0.4) is 0 Å². The number of hydrogen-bond acceptors (Lipinski definition) is 6. The van der Waals surface area contributed by atoms with Crippen LogP contribution in [0.5, 0.6) is 23.0 Å². The summed E-state index contributed by atoms with van der Waals surface area (Å²) in [4.78, 5) is 0. The lowest BCUT2D eigenvalue weighted by Crippen LogP contribution is -2.48. The molecule has 0 N–H and O–H groups in total. The van der Waals surface area contributed by atoms with E-state index in [-0.39, 0.29) is 27.1 Å². The maximum Gasteiger partial charge on any atom is 0.530 e. The first kappa shape index (κ1) is 55.3. The van der Waals surface area contributed by atoms with E-state index >= 15 is 0 Å². The average Bonchev–Trinajstić information content (AvgIpc) is 4.13. The van der Waals surface area contributed by atoms with E-state index in [0.717, 1.165) is 66.9 Å². The molecule has 0 saturated carbocycles. The largest absolute Gasteiger partial charge is 0.530 e. The highest BCUT2D eigenvalue weighted by molar-refractivity contribution is 7.43. The first-order chi connectivity index (χ1) is 35.4. The van der Waals surface area contributed by atoms with E-state index in [0.29, 0.717) is 17.2 Å². The highest BCUT2D eigenvalue weighted by atomic mass is 31.2. The maximum atomic E-state index is 7.86. The SMILES string of the molecule is CC(C)(C)c1cc2c(c(C(C)(C)C)c1)OP(Oc1c(-c3cc(C(C)(C)C)cc(C(C)(C)C)c3OP3OC(c4ccccc4)(c4ccccc4)C(c4ccccc4)(c4ccccc4)O3)cc(C(C)(C)C)cc1C(C)(C)C)O2. The summed E-state index contributed by atoms with van der Waals surface area (Å²) in [7, 11) is -4.19. The van der Waals surface area contributed by atoms with Gasteiger partial charge in [0, 0.05) is 27.8 Å². The molecule has 398 valence electrons. The predicted molar refractivity (Wildman–Crippen MR) is 316 cm³/mol. The molecule has 0 spiro atoms. The molecule has 1 saturated heterocycles. The zero-order valence-electron chi connectivity index (χ0n) is 48.4. The van der Waals surface area contributed by atoms with Crippen LogP contribution in [0, 0.1) is 0 Å². The Hall–Kier alpha value is -5.48. The Morgan fingerprint density at radius 2 is 0.632 bits per heavy atom. The number of fused-ring (bicyclic) bond motifs is 1. The van der Waals surface area contributed by atoms with E-state index in [1.54, 1.807) is 0 Å². The van der Waals surface area contributed by atoms with E-state index in [2.05, 4.69) is 258 Å². The summed E-state index contributed by atoms with van der Waals surface area (Å²) in [6.07, 6.45) is 0. The fourth-order valence-corrected chi connectivity index (χ4v) is 13.1. The van der Waals surface area contributed by atoms with Crippen LogP contribution in [0.25, 0.3) is 11.1 Å². The smallest absolute Gasteiger partial charge is 0.426 e. The van der Waals surface area contributed by atoms with Crippen molar-refractivity contribution >= 4 is 17.2 Å². The van der Waals surface area contributed by atoms with Gasteiger partial charge in [-0.15, -0.1) is 0 Å². The third-order valence-electron chi connectivity index (χ3n) is 14.9. The molecule has 2 aliphatic heterocycles. The van der Waals surface area contributed by atoms with Crippen LogP contribution < -0.4 is 18.1 Å². The van der Waals surface area contributed by atoms with Crippen LogP contribution in [-0.4, -0.2) is 0 Å². The third-order valence-corrected chi connectivity index (χ3v) is 17.0. The van der Waals surface area contributed by atoms with Crippen LogP contribution in [0.4, 0.5) is 0 Å². The van der Waals surface area contributed by atoms with Gasteiger partial charge in [0.2, 0.25) is 0 Å². The second-order valence-corrected chi connectivity index (χ2v) is 29.0. The summed E-state index contributed by atoms with van der Waals surface area (Å²) >= 11 is 0. The van der Waals surface area contributed by atoms with Crippen molar-refractivity contribution in [2.24, 2.45) is 0 Å². The van der Waals surface area contributed by atoms with Gasteiger partial charge >= 0.3 is 17.2 Å². The van der Waals surface area contributed by atoms with Crippen LogP contribution >= 0.6 is 17.2 Å². The summed E-state index contributed by atoms with van der Waals surface area (Å²) in [6, 6.07) is 55.7. The minimum Gasteiger partial charge on any atom is -0.426 e. The lowest BCUT2D eigenvalue weighted by molar-refractivity contribution is 0.00370. The first-order valence-corrected chi connectivity index (χ1v) is 29.1. The van der Waals surface area contributed by atoms with Crippen molar-refractivity contribution in [3.8, 4) is 34.1 Å². The van der Waals surface area contributed by atoms with Crippen molar-refractivity contribution in [1.29, 1.82) is 0 Å². The Bertz CT molecular complexity index is 3030. The molecule has 0 amide bonds. The average molecular weight is 1060 g/mol. The number of hydrogen-bond donors (Lipinski definition) is 0. The molecule has 7 aromatic carbocycles. The number of benzene rings is 7. The molecule has 1 atom stereocenters. The fraction of sp³-hybridized carbons (Fsp3) is 0.382. The zero-order valence-corrected chi connectivity index (χ0v) is 50.1. The number of rotatable bonds is 9. The van der Waals surface area contributed by atoms with Gasteiger partial charge in [0.15, 0.2) is 22.7 Å². The van der Waals surface area contributed by atoms with Gasteiger partial charge in [-0.3, -0.25) is 9.05 Å². The second-order valence-electron chi connectivity index (χ2n) is 27.0. The molecule has 1 fully saturated rings. The molecule has 0 radical (unpaired) electrons. The minimum absolute atomic E-state index is 0.114. The zero-order chi connectivity index (χ0) is 55.0. The van der Waals surface area contributed by atoms with E-state index in [1.807, 2.05) is 24.3 Å². The van der Waals surface area contributed by atoms with E-state index in [1.165, 1.54) is 5.56 Å². The van der Waals surface area contributed by atoms with Gasteiger partial charge in [-0.25, -0.2) is 0 Å². The van der Waals surface area contributed by atoms with Gasteiger partial charge in [0.25, 0.3) is 0 Å². The van der Waals surface area contributed by atoms with Crippen LogP contribution in [-0.2, 0) is 52.7 Å². The molecule has 1 unspecified atom stereocenters. The lowest BCUT2D eigenvalue weighted by atomic mass is 9.66. The maximum absolute atomic E-state index is 7.86. The highest BCUT2D eigenvalue weighted by Crippen LogP contribution is 2.71. The Balaban J connectivity index is 1.33. The molecule has 7 aromatic rings. The van der Waals surface area contributed by atoms with Crippen molar-refractivity contribution < 1.29 is 27.1 Å². The molecule has 0 aliphatic carbocycles. The van der Waals surface area contributed by atoms with Crippen molar-refractivity contribution in [2.45, 2.75) is 168 Å². The molecule has 8 heteroatoms. The van der Waals surface area contributed by atoms with Crippen molar-refractivity contribution in [3.63, 3.8) is 0 Å². The quantitative estimate of drug-likeness (QED) is 0.134. The summed E-state index contributed by atoms with van der Waals surface area (Å²) in [5, 5.41) is 0. The van der Waals surface area contributed by atoms with Gasteiger partial charge < -0.3 is 18.1 Å². The van der Waals surface area contributed by atoms with E-state index in [4.69, 9.17) is 27.1 Å². The monoisotopic (exact) mass is 1050 g/mol. The van der Waals surface area contributed by atoms with E-state index in [9.17, 15) is 0 Å². The standard InChI is InChI=1S/C68H80O6P2/c1-61(2,3)49-39-52(58(54(41-49)64(10,11)12)70-75-69-57-44-51(63(7,8)9)43-56(60(57)72-75)66(16,17)18)53-40-50(62(4,5)6)42-55(65(13,14)15)59(53)71-76-73-67(45-31-23-19-24-32-45,46-33-25-20-26-34-46)68(74-76,47-35-27-21-28-36-47)48-37-29-22-30-38-48/h19-44H,1-18H3. The fourth-order valence-electron chi connectivity index (χ4n) is 10.4. The molecule has 2 heterocycles. The predicted octanol–water partition coefficient (Wildman–Crippen LogP) is 19.8. The van der Waals surface area contributed by atoms with Gasteiger partial charge in [-0.1, -0.05) is 264 Å². The Morgan fingerprint density at radius 1 is 0.329 bits per heavy atom. The van der Waals surface area contributed by atoms with Crippen molar-refractivity contribution in [3.05, 3.63) is 213 Å². The van der Waals surface area contributed by atoms with E-state index < -0.39 is 33.8 Å². The molecule has 0 bridgehead atoms. The first-order valence-electron chi connectivity index (χ1n) is 26.9. The Morgan fingerprint density at radius 3 is 0.947 bits per heavy atom. The van der Waals surface area contributed by atoms with Gasteiger partial charge in [0.05, 0.1) is 0 Å². The van der Waals surface area contributed by atoms with Gasteiger partial charge in [0.1, 0.15) is 11.5 Å². The van der Waals surface area contributed by atoms with Crippen molar-refractivity contribution in [1.82, 2.24) is 0 Å². The molecule has 9 rings (SSSR count). The summed E-state index contributed by atoms with van der Waals surface area (Å²) in [5.74, 6) is 2.81. The van der Waals surface area contributed by atoms with Gasteiger partial charge in [-0.05, 0) is 89.6 Å². The molecule has 0 aromatic heterocycles. The van der Waals surface area contributed by atoms with Crippen LogP contribution in [0.15, 0.2) is 158 Å². The highest BCUT2D eigenvalue weighted by Gasteiger charge is 2.67. The van der Waals surface area contributed by atoms with Crippen LogP contribution in [0.1, 0.15) is 180 Å². The molecular formula is C68H80O6P2. The summed E-state index contributed by atoms with van der Waals surface area (Å²) < 4.78 is 44.8. The Labute approximate surface area is 457 Å². The molecule has 76 heavy (non-hydrogen) atoms. The molecular weight excluding hydrogens is 975 g/mol. The van der Waals surface area contributed by atoms with Crippen LogP contribution in [0.2, 0.25) is 0 Å². The van der Waals surface area contributed by atoms with Crippen molar-refractivity contribution in [2.75, 3.05) is 0 Å². The lowest BCUT2D eigenvalue weighted by Gasteiger charge is -2.43. The Kier molecular flexibility index (Phi) is 14.4. The van der Waals surface area contributed by atoms with Gasteiger partial charge in [-0.2, -0.15) is 0 Å². The molecule has 2 aliphatic rings.